The summed E-state index contributed by atoms with van der Waals surface area (Å²) in [5.41, 5.74) is 8.86. The van der Waals surface area contributed by atoms with Crippen molar-refractivity contribution >= 4 is 47.0 Å². The average molecular weight is 614 g/mol. The van der Waals surface area contributed by atoms with Gasteiger partial charge in [0.1, 0.15) is 0 Å². The topological polar surface area (TPSA) is 145 Å². The van der Waals surface area contributed by atoms with Crippen molar-refractivity contribution < 1.29 is 0 Å². The Kier molecular flexibility index (Phi) is 9.31. The molecule has 0 bridgehead atoms. The van der Waals surface area contributed by atoms with Crippen molar-refractivity contribution in [1.29, 1.82) is 5.26 Å². The number of benzene rings is 3. The van der Waals surface area contributed by atoms with E-state index in [0.29, 0.717) is 51.9 Å². The molecule has 0 saturated carbocycles. The van der Waals surface area contributed by atoms with Gasteiger partial charge in [-0.3, -0.25) is 20.2 Å². The Labute approximate surface area is 257 Å². The number of halogens is 2. The van der Waals surface area contributed by atoms with E-state index < -0.39 is 0 Å². The van der Waals surface area contributed by atoms with Gasteiger partial charge in [0.2, 0.25) is 23.8 Å². The average Bonchev–Trinajstić information content (AvgIpc) is 3.01. The van der Waals surface area contributed by atoms with Crippen LogP contribution in [0.5, 0.6) is 0 Å². The van der Waals surface area contributed by atoms with Crippen LogP contribution in [0.25, 0.3) is 11.3 Å². The van der Waals surface area contributed by atoms with Crippen molar-refractivity contribution in [3.05, 3.63) is 116 Å². The van der Waals surface area contributed by atoms with Gasteiger partial charge < -0.3 is 10.6 Å². The van der Waals surface area contributed by atoms with Gasteiger partial charge in [-0.05, 0) is 35.4 Å². The molecule has 0 spiro atoms. The van der Waals surface area contributed by atoms with Gasteiger partial charge in [0, 0.05) is 35.7 Å². The summed E-state index contributed by atoms with van der Waals surface area (Å²) in [6.07, 6.45) is -0.0750. The summed E-state index contributed by atoms with van der Waals surface area (Å²) in [6.45, 7) is 0.837. The van der Waals surface area contributed by atoms with E-state index in [-0.39, 0.29) is 23.9 Å². The summed E-state index contributed by atoms with van der Waals surface area (Å²) in [6, 6.07) is 26.2. The van der Waals surface area contributed by atoms with Crippen LogP contribution in [0.15, 0.2) is 83.7 Å². The van der Waals surface area contributed by atoms with Gasteiger partial charge in [-0.1, -0.05) is 77.8 Å². The van der Waals surface area contributed by atoms with Crippen LogP contribution in [0.4, 0.5) is 23.8 Å². The Balaban J connectivity index is 1.42. The molecule has 13 heteroatoms. The quantitative estimate of drug-likeness (QED) is 0.138. The van der Waals surface area contributed by atoms with Crippen LogP contribution < -0.4 is 27.0 Å². The first-order valence-electron chi connectivity index (χ1n) is 13.2. The fourth-order valence-corrected chi connectivity index (χ4v) is 4.62. The molecule has 4 N–H and O–H groups in total. The van der Waals surface area contributed by atoms with E-state index in [1.54, 1.807) is 19.2 Å². The van der Waals surface area contributed by atoms with Crippen LogP contribution in [0.3, 0.4) is 0 Å². The summed E-state index contributed by atoms with van der Waals surface area (Å²) in [7, 11) is 1.57. The molecule has 0 amide bonds. The zero-order chi connectivity index (χ0) is 30.2. The normalized spacial score (nSPS) is 10.6. The summed E-state index contributed by atoms with van der Waals surface area (Å²) in [5.74, 6) is 0.953. The van der Waals surface area contributed by atoms with Crippen LogP contribution >= 0.6 is 23.2 Å². The maximum atomic E-state index is 13.2. The number of hydrazine groups is 1. The molecule has 0 radical (unpaired) electrons. The minimum absolute atomic E-state index is 0.0750. The van der Waals surface area contributed by atoms with E-state index in [2.05, 4.69) is 47.5 Å². The van der Waals surface area contributed by atoms with Crippen molar-refractivity contribution in [3.63, 3.8) is 0 Å². The largest absolute Gasteiger partial charge is 0.350 e. The zero-order valence-electron chi connectivity index (χ0n) is 23.0. The van der Waals surface area contributed by atoms with Crippen LogP contribution in [0, 0.1) is 11.3 Å². The Bertz CT molecular complexity index is 1770. The van der Waals surface area contributed by atoms with Crippen molar-refractivity contribution in [3.8, 4) is 17.3 Å². The molecule has 2 heterocycles. The SMILES string of the molecule is Cn1c(NNc2nc(NCc3cccc(Cl)c3)nc(NCc3cccc(Cl)c3)n2)nc(-c2ccccc2)c(CC#N)c1=O. The predicted molar refractivity (Wildman–Crippen MR) is 169 cm³/mol. The molecule has 11 nitrogen and oxygen atoms in total. The van der Waals surface area contributed by atoms with Crippen molar-refractivity contribution in [1.82, 2.24) is 24.5 Å². The van der Waals surface area contributed by atoms with E-state index in [1.807, 2.05) is 66.7 Å². The summed E-state index contributed by atoms with van der Waals surface area (Å²) in [4.78, 5) is 31.3. The fraction of sp³-hybridized carbons (Fsp3) is 0.133. The zero-order valence-corrected chi connectivity index (χ0v) is 24.5. The van der Waals surface area contributed by atoms with E-state index in [0.717, 1.165) is 11.1 Å². The number of hydrogen-bond acceptors (Lipinski definition) is 10. The Morgan fingerprint density at radius 2 is 1.35 bits per heavy atom. The third kappa shape index (κ3) is 7.56. The molecular weight excluding hydrogens is 587 g/mol. The van der Waals surface area contributed by atoms with Crippen LogP contribution in [-0.4, -0.2) is 24.5 Å². The predicted octanol–water partition coefficient (Wildman–Crippen LogP) is 5.67. The van der Waals surface area contributed by atoms with Gasteiger partial charge in [-0.2, -0.15) is 20.2 Å². The fourth-order valence-electron chi connectivity index (χ4n) is 4.19. The molecular formula is C30H26Cl2N10O. The number of anilines is 4. The molecule has 0 aliphatic heterocycles. The standard InChI is InChI=1S/C30H26Cl2N10O/c1-42-26(43)24(13-14-33)25(21-9-3-2-4-10-21)36-30(42)41-40-29-38-27(34-17-19-7-5-11-22(31)15-19)37-28(39-29)35-18-20-8-6-12-23(32)16-20/h2-12,15-16H,13,17-18H2,1H3,(H,36,41)(H3,34,35,37,38,39,40). The third-order valence-corrected chi connectivity index (χ3v) is 6.76. The van der Waals surface area contributed by atoms with Gasteiger partial charge in [0.15, 0.2) is 0 Å². The highest BCUT2D eigenvalue weighted by atomic mass is 35.5. The number of nitrogens with zero attached hydrogens (tertiary/aromatic N) is 6. The van der Waals surface area contributed by atoms with Gasteiger partial charge in [0.05, 0.1) is 23.7 Å². The van der Waals surface area contributed by atoms with Gasteiger partial charge >= 0.3 is 0 Å². The smallest absolute Gasteiger partial charge is 0.259 e. The second-order valence-electron chi connectivity index (χ2n) is 9.35. The second kappa shape index (κ2) is 13.7. The lowest BCUT2D eigenvalue weighted by Crippen LogP contribution is -2.28. The number of nitrogens with one attached hydrogen (secondary N) is 4. The highest BCUT2D eigenvalue weighted by Crippen LogP contribution is 2.22. The number of nitriles is 1. The van der Waals surface area contributed by atoms with Gasteiger partial charge in [0.25, 0.3) is 5.56 Å². The molecule has 2 aromatic heterocycles. The molecule has 5 aromatic rings. The van der Waals surface area contributed by atoms with Crippen molar-refractivity contribution in [2.24, 2.45) is 7.05 Å². The second-order valence-corrected chi connectivity index (χ2v) is 10.2. The minimum atomic E-state index is -0.344. The number of aromatic nitrogens is 5. The Hall–Kier alpha value is -5.18. The monoisotopic (exact) mass is 612 g/mol. The lowest BCUT2D eigenvalue weighted by Gasteiger charge is -2.16. The third-order valence-electron chi connectivity index (χ3n) is 6.29. The van der Waals surface area contributed by atoms with E-state index >= 15 is 0 Å². The molecule has 43 heavy (non-hydrogen) atoms. The molecule has 0 unspecified atom stereocenters. The molecule has 0 aliphatic carbocycles. The highest BCUT2D eigenvalue weighted by Gasteiger charge is 2.17. The first-order valence-corrected chi connectivity index (χ1v) is 13.9. The van der Waals surface area contributed by atoms with Crippen LogP contribution in [0.2, 0.25) is 10.0 Å². The molecule has 0 saturated heterocycles. The first kappa shape index (κ1) is 29.3. The maximum absolute atomic E-state index is 13.2. The minimum Gasteiger partial charge on any atom is -0.350 e. The first-order chi connectivity index (χ1) is 20.9. The van der Waals surface area contributed by atoms with Crippen LogP contribution in [-0.2, 0) is 26.6 Å². The van der Waals surface area contributed by atoms with Crippen molar-refractivity contribution in [2.75, 3.05) is 21.5 Å². The van der Waals surface area contributed by atoms with E-state index in [1.165, 1.54) is 4.57 Å². The van der Waals surface area contributed by atoms with Crippen LogP contribution in [0.1, 0.15) is 16.7 Å². The summed E-state index contributed by atoms with van der Waals surface area (Å²) < 4.78 is 1.32. The maximum Gasteiger partial charge on any atom is 0.259 e. The lowest BCUT2D eigenvalue weighted by atomic mass is 10.1. The molecule has 0 aliphatic rings. The number of rotatable bonds is 11. The molecule has 216 valence electrons. The molecule has 0 atom stereocenters. The summed E-state index contributed by atoms with van der Waals surface area (Å²) >= 11 is 12.3. The lowest BCUT2D eigenvalue weighted by molar-refractivity contribution is 0.816. The Morgan fingerprint density at radius 1 is 0.767 bits per heavy atom. The molecule has 5 rings (SSSR count). The number of hydrogen-bond donors (Lipinski definition) is 4. The highest BCUT2D eigenvalue weighted by molar-refractivity contribution is 6.30. The van der Waals surface area contributed by atoms with E-state index in [4.69, 9.17) is 23.2 Å². The van der Waals surface area contributed by atoms with Gasteiger partial charge in [-0.15, -0.1) is 0 Å². The van der Waals surface area contributed by atoms with Crippen molar-refractivity contribution in [2.45, 2.75) is 19.5 Å². The Morgan fingerprint density at radius 3 is 1.91 bits per heavy atom. The van der Waals surface area contributed by atoms with Gasteiger partial charge in [-0.25, -0.2) is 4.98 Å². The van der Waals surface area contributed by atoms with E-state index in [9.17, 15) is 10.1 Å². The molecule has 0 fully saturated rings. The molecule has 3 aromatic carbocycles. The summed E-state index contributed by atoms with van der Waals surface area (Å²) in [5, 5.41) is 17.0.